The third kappa shape index (κ3) is 2.12. The lowest BCUT2D eigenvalue weighted by Gasteiger charge is -2.07. The zero-order valence-electron chi connectivity index (χ0n) is 7.71. The summed E-state index contributed by atoms with van der Waals surface area (Å²) in [7, 11) is 1.26. The van der Waals surface area contributed by atoms with Crippen LogP contribution >= 0.6 is 0 Å². The van der Waals surface area contributed by atoms with E-state index in [1.165, 1.54) is 7.11 Å². The molecule has 0 fully saturated rings. The smallest absolute Gasteiger partial charge is 0.310 e. The van der Waals surface area contributed by atoms with Gasteiger partial charge in [0.1, 0.15) is 5.82 Å². The number of nitrogens with two attached hydrogens (primary N) is 2. The number of carbonyl (C=O) groups is 1. The van der Waals surface area contributed by atoms with Crippen LogP contribution in [0.25, 0.3) is 0 Å². The van der Waals surface area contributed by atoms with Crippen LogP contribution in [-0.2, 0) is 16.0 Å². The number of ether oxygens (including phenoxy) is 1. The molecule has 0 bridgehead atoms. The maximum absolute atomic E-state index is 12.8. The van der Waals surface area contributed by atoms with E-state index in [9.17, 15) is 9.18 Å². The third-order valence-corrected chi connectivity index (χ3v) is 1.83. The first-order chi connectivity index (χ1) is 6.54. The first kappa shape index (κ1) is 10.3. The molecule has 1 aromatic carbocycles. The molecule has 4 nitrogen and oxygen atoms in total. The van der Waals surface area contributed by atoms with Crippen LogP contribution in [0, 0.1) is 5.82 Å². The molecule has 0 aliphatic heterocycles. The van der Waals surface area contributed by atoms with Gasteiger partial charge in [-0.1, -0.05) is 0 Å². The van der Waals surface area contributed by atoms with Gasteiger partial charge in [0.15, 0.2) is 0 Å². The van der Waals surface area contributed by atoms with Gasteiger partial charge in [-0.2, -0.15) is 0 Å². The molecule has 14 heavy (non-hydrogen) atoms. The highest BCUT2D eigenvalue weighted by Gasteiger charge is 2.11. The summed E-state index contributed by atoms with van der Waals surface area (Å²) in [5, 5.41) is 0. The maximum Gasteiger partial charge on any atom is 0.310 e. The molecule has 0 aromatic heterocycles. The van der Waals surface area contributed by atoms with Crippen LogP contribution in [-0.4, -0.2) is 13.1 Å². The van der Waals surface area contributed by atoms with E-state index in [1.807, 2.05) is 0 Å². The van der Waals surface area contributed by atoms with Crippen LogP contribution in [0.3, 0.4) is 0 Å². The van der Waals surface area contributed by atoms with Gasteiger partial charge in [-0.05, 0) is 12.1 Å². The Morgan fingerprint density at radius 1 is 1.43 bits per heavy atom. The molecule has 0 aliphatic carbocycles. The number of anilines is 2. The van der Waals surface area contributed by atoms with Crippen molar-refractivity contribution in [1.82, 2.24) is 0 Å². The molecule has 0 radical (unpaired) electrons. The summed E-state index contributed by atoms with van der Waals surface area (Å²) < 4.78 is 17.2. The van der Waals surface area contributed by atoms with Crippen molar-refractivity contribution in [2.45, 2.75) is 6.42 Å². The zero-order valence-corrected chi connectivity index (χ0v) is 7.71. The van der Waals surface area contributed by atoms with Crippen molar-refractivity contribution >= 4 is 17.3 Å². The molecule has 0 heterocycles. The minimum Gasteiger partial charge on any atom is -0.469 e. The van der Waals surface area contributed by atoms with E-state index in [0.29, 0.717) is 5.56 Å². The van der Waals surface area contributed by atoms with Gasteiger partial charge < -0.3 is 16.2 Å². The first-order valence-electron chi connectivity index (χ1n) is 3.94. The molecule has 0 atom stereocenters. The van der Waals surface area contributed by atoms with E-state index in [2.05, 4.69) is 4.74 Å². The summed E-state index contributed by atoms with van der Waals surface area (Å²) in [6, 6.07) is 2.24. The molecular weight excluding hydrogens is 187 g/mol. The minimum atomic E-state index is -0.520. The van der Waals surface area contributed by atoms with Gasteiger partial charge in [0.05, 0.1) is 13.5 Å². The number of hydrogen-bond acceptors (Lipinski definition) is 4. The van der Waals surface area contributed by atoms with E-state index in [-0.39, 0.29) is 17.8 Å². The highest BCUT2D eigenvalue weighted by atomic mass is 19.1. The summed E-state index contributed by atoms with van der Waals surface area (Å²) in [6.45, 7) is 0. The van der Waals surface area contributed by atoms with Crippen molar-refractivity contribution in [3.8, 4) is 0 Å². The molecule has 0 saturated heterocycles. The van der Waals surface area contributed by atoms with Crippen LogP contribution in [0.5, 0.6) is 0 Å². The number of rotatable bonds is 2. The Morgan fingerprint density at radius 2 is 1.93 bits per heavy atom. The van der Waals surface area contributed by atoms with E-state index in [0.717, 1.165) is 12.1 Å². The molecule has 5 heteroatoms. The number of nitrogen functional groups attached to an aromatic ring is 2. The molecule has 1 rings (SSSR count). The Morgan fingerprint density at radius 3 is 2.36 bits per heavy atom. The second-order valence-electron chi connectivity index (χ2n) is 2.82. The van der Waals surface area contributed by atoms with Crippen molar-refractivity contribution < 1.29 is 13.9 Å². The molecule has 0 amide bonds. The van der Waals surface area contributed by atoms with Gasteiger partial charge in [0.2, 0.25) is 0 Å². The largest absolute Gasteiger partial charge is 0.469 e. The minimum absolute atomic E-state index is 0.0472. The molecule has 0 unspecified atom stereocenters. The first-order valence-corrected chi connectivity index (χ1v) is 3.94. The summed E-state index contributed by atoms with van der Waals surface area (Å²) in [6.07, 6.45) is -0.0472. The van der Waals surface area contributed by atoms with Crippen molar-refractivity contribution in [3.05, 3.63) is 23.5 Å². The topological polar surface area (TPSA) is 78.3 Å². The Balaban J connectivity index is 3.02. The lowest BCUT2D eigenvalue weighted by Crippen LogP contribution is -2.09. The lowest BCUT2D eigenvalue weighted by atomic mass is 10.1. The highest BCUT2D eigenvalue weighted by molar-refractivity contribution is 5.78. The Kier molecular flexibility index (Phi) is 2.91. The average molecular weight is 198 g/mol. The third-order valence-electron chi connectivity index (χ3n) is 1.83. The van der Waals surface area contributed by atoms with Gasteiger partial charge in [0, 0.05) is 16.9 Å². The molecule has 4 N–H and O–H groups in total. The van der Waals surface area contributed by atoms with Gasteiger partial charge in [-0.3, -0.25) is 4.79 Å². The van der Waals surface area contributed by atoms with E-state index in [4.69, 9.17) is 11.5 Å². The number of benzene rings is 1. The van der Waals surface area contributed by atoms with Gasteiger partial charge in [-0.15, -0.1) is 0 Å². The maximum atomic E-state index is 12.8. The fraction of sp³-hybridized carbons (Fsp3) is 0.222. The van der Waals surface area contributed by atoms with E-state index >= 15 is 0 Å². The second kappa shape index (κ2) is 3.95. The highest BCUT2D eigenvalue weighted by Crippen LogP contribution is 2.22. The molecule has 0 saturated carbocycles. The van der Waals surface area contributed by atoms with Crippen molar-refractivity contribution in [2.75, 3.05) is 18.6 Å². The summed E-state index contributed by atoms with van der Waals surface area (Å²) in [5.74, 6) is -0.983. The van der Waals surface area contributed by atoms with E-state index in [1.54, 1.807) is 0 Å². The van der Waals surface area contributed by atoms with Crippen molar-refractivity contribution in [3.63, 3.8) is 0 Å². The van der Waals surface area contributed by atoms with Gasteiger partial charge in [-0.25, -0.2) is 4.39 Å². The van der Waals surface area contributed by atoms with Crippen LogP contribution < -0.4 is 11.5 Å². The molecule has 1 aromatic rings. The molecule has 0 spiro atoms. The second-order valence-corrected chi connectivity index (χ2v) is 2.82. The molecule has 76 valence electrons. The standard InChI is InChI=1S/C9H11FN2O2/c1-14-9(13)4-6-7(11)2-5(10)3-8(6)12/h2-3H,4,11-12H2,1H3. The predicted molar refractivity (Wildman–Crippen MR) is 50.9 cm³/mol. The number of carbonyl (C=O) groups excluding carboxylic acids is 1. The lowest BCUT2D eigenvalue weighted by molar-refractivity contribution is -0.139. The van der Waals surface area contributed by atoms with Crippen molar-refractivity contribution in [2.24, 2.45) is 0 Å². The Hall–Kier alpha value is -1.78. The zero-order chi connectivity index (χ0) is 10.7. The fourth-order valence-corrected chi connectivity index (χ4v) is 1.10. The SMILES string of the molecule is COC(=O)Cc1c(N)cc(F)cc1N. The summed E-state index contributed by atoms with van der Waals surface area (Å²) in [4.78, 5) is 10.9. The normalized spacial score (nSPS) is 9.86. The van der Waals surface area contributed by atoms with E-state index < -0.39 is 11.8 Å². The van der Waals surface area contributed by atoms with Crippen LogP contribution in [0.1, 0.15) is 5.56 Å². The van der Waals surface area contributed by atoms with Crippen molar-refractivity contribution in [1.29, 1.82) is 0 Å². The number of hydrogen-bond donors (Lipinski definition) is 2. The molecule has 0 aliphatic rings. The number of halogens is 1. The summed E-state index contributed by atoms with van der Waals surface area (Å²) >= 11 is 0. The number of methoxy groups -OCH3 is 1. The number of esters is 1. The van der Waals surface area contributed by atoms with Gasteiger partial charge >= 0.3 is 5.97 Å². The summed E-state index contributed by atoms with van der Waals surface area (Å²) in [5.41, 5.74) is 11.7. The van der Waals surface area contributed by atoms with Gasteiger partial charge in [0.25, 0.3) is 0 Å². The van der Waals surface area contributed by atoms with Crippen LogP contribution in [0.4, 0.5) is 15.8 Å². The Bertz CT molecular complexity index is 343. The average Bonchev–Trinajstić information content (AvgIpc) is 2.10. The van der Waals surface area contributed by atoms with Crippen LogP contribution in [0.2, 0.25) is 0 Å². The fourth-order valence-electron chi connectivity index (χ4n) is 1.10. The quantitative estimate of drug-likeness (QED) is 0.541. The predicted octanol–water partition coefficient (Wildman–Crippen LogP) is 0.706. The monoisotopic (exact) mass is 198 g/mol. The Labute approximate surface area is 80.6 Å². The van der Waals surface area contributed by atoms with Crippen LogP contribution in [0.15, 0.2) is 12.1 Å². The molecular formula is C9H11FN2O2.